The quantitative estimate of drug-likeness (QED) is 0.342. The first-order valence-electron chi connectivity index (χ1n) is 12.5. The van der Waals surface area contributed by atoms with E-state index in [1.165, 1.54) is 11.0 Å². The Kier molecular flexibility index (Phi) is 8.36. The predicted molar refractivity (Wildman–Crippen MR) is 142 cm³/mol. The standard InChI is InChI=1S/C27H33ClF2N4O3/c1-16-13-34(17(2)12-32(16)4)27(31-3)21-11-22(28)24(20-8-7-18(29)10-23(20)30)26-25(21)33(15-36)14-19(37-26)6-5-9-35/h7-8,10-11,15-17,19,35H,5-6,9,12-14H2,1-4H3/t16-,17+,19?/m1/s1. The van der Waals surface area contributed by atoms with Crippen LogP contribution in [0.4, 0.5) is 14.5 Å². The Hall–Kier alpha value is -2.75. The second-order valence-corrected chi connectivity index (χ2v) is 10.2. The zero-order valence-electron chi connectivity index (χ0n) is 21.5. The number of aliphatic hydroxyl groups is 1. The molecule has 0 aromatic heterocycles. The molecule has 0 saturated carbocycles. The van der Waals surface area contributed by atoms with E-state index in [1.54, 1.807) is 13.1 Å². The molecule has 1 saturated heterocycles. The van der Waals surface area contributed by atoms with Crippen molar-refractivity contribution >= 4 is 29.5 Å². The Morgan fingerprint density at radius 2 is 1.97 bits per heavy atom. The maximum atomic E-state index is 15.0. The van der Waals surface area contributed by atoms with Crippen LogP contribution in [-0.2, 0) is 4.79 Å². The van der Waals surface area contributed by atoms with E-state index in [0.717, 1.165) is 25.1 Å². The average Bonchev–Trinajstić information content (AvgIpc) is 2.86. The van der Waals surface area contributed by atoms with E-state index in [4.69, 9.17) is 16.3 Å². The summed E-state index contributed by atoms with van der Waals surface area (Å²) in [6.07, 6.45) is 1.23. The lowest BCUT2D eigenvalue weighted by Gasteiger charge is -2.45. The lowest BCUT2D eigenvalue weighted by molar-refractivity contribution is -0.107. The van der Waals surface area contributed by atoms with Gasteiger partial charge < -0.3 is 19.6 Å². The van der Waals surface area contributed by atoms with Crippen molar-refractivity contribution in [2.24, 2.45) is 4.99 Å². The molecule has 1 unspecified atom stereocenters. The number of amidine groups is 1. The minimum atomic E-state index is -0.790. The van der Waals surface area contributed by atoms with Crippen molar-refractivity contribution in [3.63, 3.8) is 0 Å². The van der Waals surface area contributed by atoms with E-state index >= 15 is 4.39 Å². The van der Waals surface area contributed by atoms with Gasteiger partial charge in [-0.15, -0.1) is 0 Å². The van der Waals surface area contributed by atoms with Crippen molar-refractivity contribution in [3.8, 4) is 16.9 Å². The first kappa shape index (κ1) is 27.3. The number of carbonyl (C=O) groups is 1. The van der Waals surface area contributed by atoms with Gasteiger partial charge in [0.1, 0.15) is 23.6 Å². The highest BCUT2D eigenvalue weighted by Gasteiger charge is 2.37. The van der Waals surface area contributed by atoms with Gasteiger partial charge in [0.05, 0.1) is 17.3 Å². The van der Waals surface area contributed by atoms with Gasteiger partial charge in [-0.3, -0.25) is 14.7 Å². The fourth-order valence-corrected chi connectivity index (χ4v) is 5.50. The Morgan fingerprint density at radius 3 is 2.62 bits per heavy atom. The van der Waals surface area contributed by atoms with Crippen molar-refractivity contribution in [3.05, 3.63) is 46.5 Å². The zero-order valence-corrected chi connectivity index (χ0v) is 22.3. The van der Waals surface area contributed by atoms with E-state index in [0.29, 0.717) is 36.5 Å². The van der Waals surface area contributed by atoms with Crippen LogP contribution in [0, 0.1) is 11.6 Å². The van der Waals surface area contributed by atoms with Gasteiger partial charge in [0, 0.05) is 61.6 Å². The third-order valence-corrected chi connectivity index (χ3v) is 7.51. The molecule has 2 aliphatic rings. The second kappa shape index (κ2) is 11.3. The van der Waals surface area contributed by atoms with Crippen LogP contribution in [0.2, 0.25) is 5.02 Å². The van der Waals surface area contributed by atoms with Crippen molar-refractivity contribution in [2.45, 2.75) is 44.9 Å². The first-order chi connectivity index (χ1) is 17.7. The lowest BCUT2D eigenvalue weighted by Crippen LogP contribution is -2.57. The number of aliphatic hydroxyl groups excluding tert-OH is 1. The number of benzene rings is 2. The summed E-state index contributed by atoms with van der Waals surface area (Å²) in [5, 5.41) is 9.54. The number of hydrogen-bond acceptors (Lipinski definition) is 5. The molecular weight excluding hydrogens is 502 g/mol. The smallest absolute Gasteiger partial charge is 0.214 e. The predicted octanol–water partition coefficient (Wildman–Crippen LogP) is 4.18. The Morgan fingerprint density at radius 1 is 1.22 bits per heavy atom. The molecule has 2 heterocycles. The van der Waals surface area contributed by atoms with E-state index in [9.17, 15) is 14.3 Å². The summed E-state index contributed by atoms with van der Waals surface area (Å²) in [7, 11) is 3.78. The number of ether oxygens (including phenoxy) is 1. The minimum absolute atomic E-state index is 0.0276. The molecule has 0 bridgehead atoms. The largest absolute Gasteiger partial charge is 0.486 e. The number of halogens is 3. The molecule has 2 aliphatic heterocycles. The SMILES string of the molecule is CN=C(c1cc(Cl)c(-c2ccc(F)cc2F)c2c1N(C=O)CC(CCCO)O2)N1C[C@@H](C)N(C)C[C@@H]1C. The number of aliphatic imine (C=N–C) groups is 1. The second-order valence-electron chi connectivity index (χ2n) is 9.78. The number of hydrogen-bond donors (Lipinski definition) is 1. The van der Waals surface area contributed by atoms with Crippen molar-refractivity contribution in [1.29, 1.82) is 0 Å². The molecular formula is C27H33ClF2N4O3. The summed E-state index contributed by atoms with van der Waals surface area (Å²) < 4.78 is 35.1. The number of amides is 1. The molecule has 2 aromatic rings. The third kappa shape index (κ3) is 5.30. The maximum absolute atomic E-state index is 15.0. The molecule has 4 rings (SSSR count). The summed E-state index contributed by atoms with van der Waals surface area (Å²) in [5.74, 6) is -0.606. The number of likely N-dealkylation sites (N-methyl/N-ethyl adjacent to an activating group) is 1. The van der Waals surface area contributed by atoms with Crippen molar-refractivity contribution in [1.82, 2.24) is 9.80 Å². The highest BCUT2D eigenvalue weighted by molar-refractivity contribution is 6.35. The molecule has 1 N–H and O–H groups in total. The van der Waals surface area contributed by atoms with E-state index in [-0.39, 0.29) is 47.1 Å². The van der Waals surface area contributed by atoms with Gasteiger partial charge in [0.15, 0.2) is 5.75 Å². The van der Waals surface area contributed by atoms with Gasteiger partial charge >= 0.3 is 0 Å². The maximum Gasteiger partial charge on any atom is 0.214 e. The van der Waals surface area contributed by atoms with Crippen LogP contribution in [0.15, 0.2) is 29.3 Å². The summed E-state index contributed by atoms with van der Waals surface area (Å²) in [6, 6.07) is 5.36. The van der Waals surface area contributed by atoms with Crippen LogP contribution in [0.1, 0.15) is 32.3 Å². The lowest BCUT2D eigenvalue weighted by atomic mass is 9.95. The van der Waals surface area contributed by atoms with Crippen LogP contribution < -0.4 is 9.64 Å². The fourth-order valence-electron chi connectivity index (χ4n) is 5.21. The number of rotatable bonds is 6. The van der Waals surface area contributed by atoms with Gasteiger partial charge in [-0.25, -0.2) is 8.78 Å². The zero-order chi connectivity index (χ0) is 26.9. The summed E-state index contributed by atoms with van der Waals surface area (Å²) in [4.78, 5) is 23.0. The minimum Gasteiger partial charge on any atom is -0.486 e. The Bertz CT molecular complexity index is 1190. The molecule has 10 heteroatoms. The molecule has 1 fully saturated rings. The highest BCUT2D eigenvalue weighted by atomic mass is 35.5. The van der Waals surface area contributed by atoms with Crippen LogP contribution in [0.3, 0.4) is 0 Å². The number of piperazine rings is 1. The average molecular weight is 535 g/mol. The van der Waals surface area contributed by atoms with Crippen molar-refractivity contribution in [2.75, 3.05) is 45.2 Å². The van der Waals surface area contributed by atoms with Gasteiger partial charge in [-0.2, -0.15) is 0 Å². The molecule has 7 nitrogen and oxygen atoms in total. The van der Waals surface area contributed by atoms with Gasteiger partial charge in [-0.05, 0) is 51.9 Å². The molecule has 0 radical (unpaired) electrons. The summed E-state index contributed by atoms with van der Waals surface area (Å²) >= 11 is 6.81. The van der Waals surface area contributed by atoms with E-state index < -0.39 is 17.7 Å². The monoisotopic (exact) mass is 534 g/mol. The summed E-state index contributed by atoms with van der Waals surface area (Å²) in [5.41, 5.74) is 1.36. The molecule has 0 aliphatic carbocycles. The number of fused-ring (bicyclic) bond motifs is 1. The first-order valence-corrected chi connectivity index (χ1v) is 12.8. The molecule has 3 atom stereocenters. The van der Waals surface area contributed by atoms with Crippen LogP contribution in [0.25, 0.3) is 11.1 Å². The Labute approximate surface area is 221 Å². The number of nitrogens with zero attached hydrogens (tertiary/aromatic N) is 4. The number of anilines is 1. The summed E-state index contributed by atoms with van der Waals surface area (Å²) in [6.45, 7) is 6.02. The molecule has 0 spiro atoms. The molecule has 200 valence electrons. The molecule has 2 aromatic carbocycles. The van der Waals surface area contributed by atoms with E-state index in [2.05, 4.69) is 35.7 Å². The molecule has 37 heavy (non-hydrogen) atoms. The third-order valence-electron chi connectivity index (χ3n) is 7.21. The van der Waals surface area contributed by atoms with Gasteiger partial charge in [0.25, 0.3) is 0 Å². The highest BCUT2D eigenvalue weighted by Crippen LogP contribution is 2.49. The van der Waals surface area contributed by atoms with Gasteiger partial charge in [-0.1, -0.05) is 11.6 Å². The van der Waals surface area contributed by atoms with Crippen molar-refractivity contribution < 1.29 is 23.4 Å². The fraction of sp³-hybridized carbons (Fsp3) is 0.481. The number of carbonyl (C=O) groups excluding carboxylic acids is 1. The normalized spacial score (nSPS) is 22.6. The molecule has 1 amide bonds. The topological polar surface area (TPSA) is 68.6 Å². The van der Waals surface area contributed by atoms with Crippen LogP contribution in [0.5, 0.6) is 5.75 Å². The van der Waals surface area contributed by atoms with Crippen LogP contribution >= 0.6 is 11.6 Å². The Balaban J connectivity index is 1.94. The van der Waals surface area contributed by atoms with Crippen LogP contribution in [-0.4, -0.2) is 85.7 Å². The van der Waals surface area contributed by atoms with Gasteiger partial charge in [0.2, 0.25) is 6.41 Å². The van der Waals surface area contributed by atoms with E-state index in [1.807, 2.05) is 0 Å².